The number of hydrogen-bond acceptors (Lipinski definition) is 11. The number of benzene rings is 2. The molecule has 2 aromatic heterocycles. The largest absolute Gasteiger partial charge is 0.461 e. The number of carbonyl (C=O) groups is 1. The number of aromatic nitrogens is 3. The van der Waals surface area contributed by atoms with Crippen LogP contribution in [0.2, 0.25) is 0 Å². The number of nitrogens with two attached hydrogens (primary N) is 1. The highest BCUT2D eigenvalue weighted by Gasteiger charge is 2.53. The lowest BCUT2D eigenvalue weighted by Gasteiger charge is -2.42. The Morgan fingerprint density at radius 3 is 2.52 bits per heavy atom. The summed E-state index contributed by atoms with van der Waals surface area (Å²) in [5, 5.41) is 13.1. The van der Waals surface area contributed by atoms with Gasteiger partial charge in [0.2, 0.25) is 0 Å². The number of piperazine rings is 1. The van der Waals surface area contributed by atoms with E-state index in [9.17, 15) is 9.90 Å². The van der Waals surface area contributed by atoms with E-state index in [-0.39, 0.29) is 54.8 Å². The van der Waals surface area contributed by atoms with Crippen LogP contribution in [0.5, 0.6) is 6.01 Å². The standard InChI is InChI=1S/C39H48FN7O5/c1-5-23-8-6-9-24-10-7-11-29(31(23)24)33-32(40)34-30(16-42-33)35(45-17-25-12-13-26(18-45)47(25)37(49)52-38(2,3)4)44-36(43-34)50-21-39-14-27(48)19-46(39)20-28(15-39)51-22-41/h6-11,16,25-28,48H,5,12-15,17-22,41H2,1-4H3/t25?,26?,27-,28+,39-/m0/s1. The molecular formula is C39H48FN7O5. The molecule has 2 aromatic carbocycles. The zero-order valence-corrected chi connectivity index (χ0v) is 30.3. The van der Waals surface area contributed by atoms with Crippen LogP contribution in [0.25, 0.3) is 32.9 Å². The van der Waals surface area contributed by atoms with E-state index in [0.29, 0.717) is 55.8 Å². The molecule has 0 radical (unpaired) electrons. The van der Waals surface area contributed by atoms with Crippen LogP contribution < -0.4 is 15.4 Å². The minimum atomic E-state index is -0.605. The maximum Gasteiger partial charge on any atom is 0.410 e. The van der Waals surface area contributed by atoms with Crippen molar-refractivity contribution in [3.8, 4) is 17.3 Å². The fourth-order valence-electron chi connectivity index (χ4n) is 9.07. The van der Waals surface area contributed by atoms with Crippen LogP contribution >= 0.6 is 0 Å². The van der Waals surface area contributed by atoms with Gasteiger partial charge in [-0.15, -0.1) is 0 Å². The highest BCUT2D eigenvalue weighted by Crippen LogP contribution is 2.42. The van der Waals surface area contributed by atoms with Gasteiger partial charge in [-0.1, -0.05) is 43.3 Å². The number of nitrogens with zero attached hydrogens (tertiary/aromatic N) is 6. The van der Waals surface area contributed by atoms with Gasteiger partial charge in [-0.25, -0.2) is 9.18 Å². The third-order valence-corrected chi connectivity index (χ3v) is 11.2. The number of fused-ring (bicyclic) bond motifs is 5. The van der Waals surface area contributed by atoms with Gasteiger partial charge in [-0.3, -0.25) is 14.8 Å². The Bertz CT molecular complexity index is 1990. The first-order valence-corrected chi connectivity index (χ1v) is 18.5. The van der Waals surface area contributed by atoms with Crippen molar-refractivity contribution in [1.29, 1.82) is 0 Å². The van der Waals surface area contributed by atoms with Crippen molar-refractivity contribution < 1.29 is 28.5 Å². The number of anilines is 1. The van der Waals surface area contributed by atoms with Crippen molar-refractivity contribution in [2.45, 2.75) is 95.2 Å². The van der Waals surface area contributed by atoms with E-state index < -0.39 is 23.1 Å². The lowest BCUT2D eigenvalue weighted by Crippen LogP contribution is -2.57. The zero-order chi connectivity index (χ0) is 36.4. The molecule has 4 fully saturated rings. The molecule has 12 nitrogen and oxygen atoms in total. The zero-order valence-electron chi connectivity index (χ0n) is 30.3. The highest BCUT2D eigenvalue weighted by molar-refractivity contribution is 6.00. The first-order valence-electron chi connectivity index (χ1n) is 18.5. The number of halogens is 1. The Labute approximate surface area is 303 Å². The first-order chi connectivity index (χ1) is 25.0. The van der Waals surface area contributed by atoms with Gasteiger partial charge in [-0.2, -0.15) is 9.97 Å². The van der Waals surface area contributed by atoms with Crippen molar-refractivity contribution in [3.05, 3.63) is 54.0 Å². The molecule has 0 saturated carbocycles. The molecule has 4 aliphatic rings. The molecule has 4 aromatic rings. The number of β-amino-alcohol motifs (C(OH)–C–C–N with tert-alkyl or cyclic N) is 1. The van der Waals surface area contributed by atoms with Gasteiger partial charge in [0, 0.05) is 37.9 Å². The van der Waals surface area contributed by atoms with Crippen molar-refractivity contribution in [1.82, 2.24) is 24.8 Å². The summed E-state index contributed by atoms with van der Waals surface area (Å²) >= 11 is 0. The average Bonchev–Trinajstić information content (AvgIpc) is 3.69. The number of ether oxygens (including phenoxy) is 3. The number of hydrogen-bond donors (Lipinski definition) is 2. The molecule has 1 amide bonds. The number of aliphatic hydroxyl groups excluding tert-OH is 1. The van der Waals surface area contributed by atoms with E-state index in [2.05, 4.69) is 22.8 Å². The first kappa shape index (κ1) is 34.9. The molecule has 6 heterocycles. The molecule has 5 atom stereocenters. The summed E-state index contributed by atoms with van der Waals surface area (Å²) in [6.45, 7) is 10.2. The number of amides is 1. The van der Waals surface area contributed by atoms with E-state index in [1.807, 2.05) is 56.0 Å². The van der Waals surface area contributed by atoms with Crippen molar-refractivity contribution in [2.75, 3.05) is 44.4 Å². The molecule has 4 aliphatic heterocycles. The van der Waals surface area contributed by atoms with E-state index in [4.69, 9.17) is 34.9 Å². The van der Waals surface area contributed by atoms with E-state index in [1.165, 1.54) is 0 Å². The van der Waals surface area contributed by atoms with Crippen LogP contribution in [0.4, 0.5) is 15.0 Å². The van der Waals surface area contributed by atoms with Gasteiger partial charge < -0.3 is 30.0 Å². The molecule has 0 spiro atoms. The van der Waals surface area contributed by atoms with Gasteiger partial charge in [0.25, 0.3) is 0 Å². The topological polar surface area (TPSA) is 139 Å². The fraction of sp³-hybridized carbons (Fsp3) is 0.538. The Morgan fingerprint density at radius 1 is 1.06 bits per heavy atom. The maximum atomic E-state index is 17.1. The highest BCUT2D eigenvalue weighted by atomic mass is 19.1. The number of aryl methyl sites for hydroxylation is 1. The Balaban J connectivity index is 1.19. The summed E-state index contributed by atoms with van der Waals surface area (Å²) in [6, 6.07) is 11.8. The third-order valence-electron chi connectivity index (χ3n) is 11.2. The SMILES string of the molecule is CCc1cccc2cccc(-c3ncc4c(N5CC6CCC(C5)N6C(=O)OC(C)(C)C)nc(OC[C@@]56C[C@H](O)CN5C[C@H](OCN)C6)nc4c3F)c12. The summed E-state index contributed by atoms with van der Waals surface area (Å²) in [6.07, 6.45) is 4.38. The quantitative estimate of drug-likeness (QED) is 0.238. The Morgan fingerprint density at radius 2 is 1.81 bits per heavy atom. The second-order valence-electron chi connectivity index (χ2n) is 15.8. The monoisotopic (exact) mass is 713 g/mol. The van der Waals surface area contributed by atoms with E-state index >= 15 is 4.39 Å². The number of pyridine rings is 1. The number of rotatable bonds is 8. The smallest absolute Gasteiger partial charge is 0.410 e. The summed E-state index contributed by atoms with van der Waals surface area (Å²) in [4.78, 5) is 33.9. The minimum Gasteiger partial charge on any atom is -0.461 e. The number of carbonyl (C=O) groups excluding carboxylic acids is 1. The van der Waals surface area contributed by atoms with Crippen molar-refractivity contribution in [2.24, 2.45) is 5.73 Å². The van der Waals surface area contributed by atoms with Crippen LogP contribution in [-0.4, -0.2) is 111 Å². The number of aliphatic hydroxyl groups is 1. The Kier molecular flexibility index (Phi) is 8.96. The van der Waals surface area contributed by atoms with Gasteiger partial charge in [0.1, 0.15) is 29.2 Å². The lowest BCUT2D eigenvalue weighted by atomic mass is 9.93. The molecule has 3 N–H and O–H groups in total. The minimum absolute atomic E-state index is 0.0477. The van der Waals surface area contributed by atoms with Gasteiger partial charge in [0.15, 0.2) is 5.82 Å². The van der Waals surface area contributed by atoms with Crippen LogP contribution in [0, 0.1) is 5.82 Å². The molecule has 13 heteroatoms. The van der Waals surface area contributed by atoms with Crippen LogP contribution in [0.15, 0.2) is 42.6 Å². The molecule has 276 valence electrons. The lowest BCUT2D eigenvalue weighted by molar-refractivity contribution is 0.0122. The van der Waals surface area contributed by atoms with Gasteiger partial charge in [0.05, 0.1) is 41.9 Å². The molecule has 0 aliphatic carbocycles. The van der Waals surface area contributed by atoms with E-state index in [1.54, 1.807) is 6.20 Å². The second-order valence-corrected chi connectivity index (χ2v) is 15.8. The van der Waals surface area contributed by atoms with Crippen LogP contribution in [0.1, 0.15) is 58.9 Å². The van der Waals surface area contributed by atoms with Crippen LogP contribution in [0.3, 0.4) is 0 Å². The molecular weight excluding hydrogens is 665 g/mol. The summed E-state index contributed by atoms with van der Waals surface area (Å²) in [5.41, 5.74) is 6.76. The molecule has 2 bridgehead atoms. The summed E-state index contributed by atoms with van der Waals surface area (Å²) in [5.74, 6) is -0.0319. The van der Waals surface area contributed by atoms with Crippen molar-refractivity contribution in [3.63, 3.8) is 0 Å². The molecule has 2 unspecified atom stereocenters. The summed E-state index contributed by atoms with van der Waals surface area (Å²) < 4.78 is 35.1. The third kappa shape index (κ3) is 6.21. The van der Waals surface area contributed by atoms with E-state index in [0.717, 1.165) is 35.6 Å². The Hall–Kier alpha value is -4.17. The predicted octanol–water partition coefficient (Wildman–Crippen LogP) is 5.02. The molecule has 8 rings (SSSR count). The van der Waals surface area contributed by atoms with Gasteiger partial charge in [-0.05, 0) is 69.2 Å². The molecule has 4 saturated heterocycles. The summed E-state index contributed by atoms with van der Waals surface area (Å²) in [7, 11) is 0. The normalized spacial score (nSPS) is 26.1. The fourth-order valence-corrected chi connectivity index (χ4v) is 9.07. The van der Waals surface area contributed by atoms with Gasteiger partial charge >= 0.3 is 12.1 Å². The molecule has 52 heavy (non-hydrogen) atoms. The second kappa shape index (κ2) is 13.4. The maximum absolute atomic E-state index is 17.1. The predicted molar refractivity (Wildman–Crippen MR) is 196 cm³/mol. The van der Waals surface area contributed by atoms with Crippen molar-refractivity contribution >= 4 is 33.6 Å². The van der Waals surface area contributed by atoms with Crippen LogP contribution in [-0.2, 0) is 15.9 Å². The average molecular weight is 714 g/mol.